The van der Waals surface area contributed by atoms with Crippen LogP contribution in [0, 0.1) is 5.82 Å². The molecule has 2 nitrogen and oxygen atoms in total. The number of carbonyl (C=O) groups excluding carboxylic acids is 1. The van der Waals surface area contributed by atoms with Crippen molar-refractivity contribution in [2.75, 3.05) is 0 Å². The molecule has 0 aromatic heterocycles. The molecule has 0 saturated heterocycles. The van der Waals surface area contributed by atoms with E-state index >= 15 is 0 Å². The molecule has 0 amide bonds. The average molecular weight is 290 g/mol. The standard InChI is InChI=1S/C14H14F4O2/c15-11-8-4-7-10(14(16,17)18)12(11)13(19)20-9-5-2-1-3-6-9/h4,7-9H,1-3,5-6H2. The first-order valence-electron chi connectivity index (χ1n) is 6.46. The highest BCUT2D eigenvalue weighted by Crippen LogP contribution is 2.34. The third-order valence-electron chi connectivity index (χ3n) is 3.35. The van der Waals surface area contributed by atoms with E-state index < -0.39 is 35.2 Å². The van der Waals surface area contributed by atoms with Gasteiger partial charge in [-0.1, -0.05) is 12.5 Å². The Kier molecular flexibility index (Phi) is 4.30. The number of esters is 1. The minimum atomic E-state index is -4.79. The molecule has 110 valence electrons. The predicted octanol–water partition coefficient (Wildman–Crippen LogP) is 4.33. The summed E-state index contributed by atoms with van der Waals surface area (Å²) in [6.07, 6.45) is -1.24. The molecule has 1 aromatic carbocycles. The highest BCUT2D eigenvalue weighted by Gasteiger charge is 2.37. The molecule has 1 fully saturated rings. The summed E-state index contributed by atoms with van der Waals surface area (Å²) in [6.45, 7) is 0. The van der Waals surface area contributed by atoms with E-state index in [4.69, 9.17) is 4.74 Å². The molecule has 6 heteroatoms. The highest BCUT2D eigenvalue weighted by molar-refractivity contribution is 5.91. The number of carbonyl (C=O) groups is 1. The van der Waals surface area contributed by atoms with Gasteiger partial charge in [0, 0.05) is 0 Å². The largest absolute Gasteiger partial charge is 0.459 e. The van der Waals surface area contributed by atoms with Gasteiger partial charge in [0.1, 0.15) is 17.5 Å². The number of alkyl halides is 3. The zero-order valence-corrected chi connectivity index (χ0v) is 10.7. The maximum absolute atomic E-state index is 13.6. The summed E-state index contributed by atoms with van der Waals surface area (Å²) in [5.74, 6) is -2.44. The van der Waals surface area contributed by atoms with Crippen molar-refractivity contribution in [3.63, 3.8) is 0 Å². The van der Waals surface area contributed by atoms with Gasteiger partial charge >= 0.3 is 12.1 Å². The lowest BCUT2D eigenvalue weighted by Crippen LogP contribution is -2.24. The second kappa shape index (κ2) is 5.81. The van der Waals surface area contributed by atoms with E-state index in [1.165, 1.54) is 0 Å². The Morgan fingerprint density at radius 2 is 1.80 bits per heavy atom. The van der Waals surface area contributed by atoms with Crippen LogP contribution in [0.2, 0.25) is 0 Å². The number of ether oxygens (including phenoxy) is 1. The molecule has 20 heavy (non-hydrogen) atoms. The van der Waals surface area contributed by atoms with Crippen LogP contribution in [0.3, 0.4) is 0 Å². The smallest absolute Gasteiger partial charge is 0.417 e. The van der Waals surface area contributed by atoms with Crippen molar-refractivity contribution in [3.8, 4) is 0 Å². The average Bonchev–Trinajstić information content (AvgIpc) is 2.38. The number of rotatable bonds is 2. The summed E-state index contributed by atoms with van der Waals surface area (Å²) < 4.78 is 57.0. The van der Waals surface area contributed by atoms with Crippen LogP contribution in [0.25, 0.3) is 0 Å². The van der Waals surface area contributed by atoms with Crippen molar-refractivity contribution < 1.29 is 27.1 Å². The molecule has 0 bridgehead atoms. The van der Waals surface area contributed by atoms with E-state index in [-0.39, 0.29) is 0 Å². The third kappa shape index (κ3) is 3.29. The van der Waals surface area contributed by atoms with Crippen molar-refractivity contribution in [1.82, 2.24) is 0 Å². The Morgan fingerprint density at radius 1 is 1.15 bits per heavy atom. The van der Waals surface area contributed by atoms with E-state index in [1.54, 1.807) is 0 Å². The summed E-state index contributed by atoms with van der Waals surface area (Å²) in [5, 5.41) is 0. The quantitative estimate of drug-likeness (QED) is 0.598. The lowest BCUT2D eigenvalue weighted by atomic mass is 9.97. The maximum Gasteiger partial charge on any atom is 0.417 e. The normalized spacial score (nSPS) is 17.0. The Hall–Kier alpha value is -1.59. The third-order valence-corrected chi connectivity index (χ3v) is 3.35. The molecule has 0 unspecified atom stereocenters. The molecular weight excluding hydrogens is 276 g/mol. The number of hydrogen-bond acceptors (Lipinski definition) is 2. The summed E-state index contributed by atoms with van der Waals surface area (Å²) in [4.78, 5) is 11.8. The van der Waals surface area contributed by atoms with Gasteiger partial charge in [-0.3, -0.25) is 0 Å². The van der Waals surface area contributed by atoms with Crippen molar-refractivity contribution in [2.24, 2.45) is 0 Å². The Bertz CT molecular complexity index is 490. The van der Waals surface area contributed by atoms with E-state index in [0.717, 1.165) is 31.4 Å². The first-order valence-corrected chi connectivity index (χ1v) is 6.46. The fourth-order valence-corrected chi connectivity index (χ4v) is 2.36. The zero-order chi connectivity index (χ0) is 14.8. The highest BCUT2D eigenvalue weighted by atomic mass is 19.4. The van der Waals surface area contributed by atoms with Crippen LogP contribution in [0.4, 0.5) is 17.6 Å². The van der Waals surface area contributed by atoms with Crippen molar-refractivity contribution in [3.05, 3.63) is 35.1 Å². The first kappa shape index (κ1) is 14.8. The second-order valence-corrected chi connectivity index (χ2v) is 4.83. The van der Waals surface area contributed by atoms with Gasteiger partial charge < -0.3 is 4.74 Å². The molecule has 1 aliphatic carbocycles. The summed E-state index contributed by atoms with van der Waals surface area (Å²) in [6, 6.07) is 2.43. The van der Waals surface area contributed by atoms with Gasteiger partial charge in [0.05, 0.1) is 5.56 Å². The first-order chi connectivity index (χ1) is 9.39. The lowest BCUT2D eigenvalue weighted by Gasteiger charge is -2.22. The molecule has 1 aromatic rings. The van der Waals surface area contributed by atoms with Crippen molar-refractivity contribution in [1.29, 1.82) is 0 Å². The lowest BCUT2D eigenvalue weighted by molar-refractivity contribution is -0.138. The zero-order valence-electron chi connectivity index (χ0n) is 10.7. The Labute approximate surface area is 113 Å². The number of hydrogen-bond donors (Lipinski definition) is 0. The van der Waals surface area contributed by atoms with Crippen LogP contribution in [0.5, 0.6) is 0 Å². The molecule has 2 rings (SSSR count). The molecule has 0 spiro atoms. The van der Waals surface area contributed by atoms with Gasteiger partial charge in [-0.25, -0.2) is 9.18 Å². The van der Waals surface area contributed by atoms with Crippen LogP contribution in [0.1, 0.15) is 48.0 Å². The molecule has 0 atom stereocenters. The summed E-state index contributed by atoms with van der Waals surface area (Å²) in [5.41, 5.74) is -2.32. The fourth-order valence-electron chi connectivity index (χ4n) is 2.36. The molecule has 0 aliphatic heterocycles. The van der Waals surface area contributed by atoms with E-state index in [1.807, 2.05) is 0 Å². The van der Waals surface area contributed by atoms with Gasteiger partial charge in [-0.15, -0.1) is 0 Å². The van der Waals surface area contributed by atoms with Gasteiger partial charge in [0.25, 0.3) is 0 Å². The van der Waals surface area contributed by atoms with Crippen LogP contribution in [-0.4, -0.2) is 12.1 Å². The summed E-state index contributed by atoms with van der Waals surface area (Å²) in [7, 11) is 0. The second-order valence-electron chi connectivity index (χ2n) is 4.83. The van der Waals surface area contributed by atoms with Gasteiger partial charge in [-0.05, 0) is 37.8 Å². The van der Waals surface area contributed by atoms with E-state index in [2.05, 4.69) is 0 Å². The molecule has 1 saturated carbocycles. The van der Waals surface area contributed by atoms with Crippen LogP contribution in [-0.2, 0) is 10.9 Å². The number of halogens is 4. The molecule has 0 heterocycles. The Balaban J connectivity index is 2.24. The van der Waals surface area contributed by atoms with Gasteiger partial charge in [0.2, 0.25) is 0 Å². The van der Waals surface area contributed by atoms with Crippen LogP contribution >= 0.6 is 0 Å². The minimum absolute atomic E-state index is 0.420. The van der Waals surface area contributed by atoms with Crippen molar-refractivity contribution >= 4 is 5.97 Å². The maximum atomic E-state index is 13.6. The van der Waals surface area contributed by atoms with Crippen LogP contribution in [0.15, 0.2) is 18.2 Å². The minimum Gasteiger partial charge on any atom is -0.459 e. The fraction of sp³-hybridized carbons (Fsp3) is 0.500. The Morgan fingerprint density at radius 3 is 2.40 bits per heavy atom. The van der Waals surface area contributed by atoms with E-state index in [0.29, 0.717) is 18.9 Å². The van der Waals surface area contributed by atoms with Crippen molar-refractivity contribution in [2.45, 2.75) is 44.4 Å². The number of benzene rings is 1. The molecule has 1 aliphatic rings. The SMILES string of the molecule is O=C(OC1CCCCC1)c1c(F)cccc1C(F)(F)F. The monoisotopic (exact) mass is 290 g/mol. The van der Waals surface area contributed by atoms with E-state index in [9.17, 15) is 22.4 Å². The van der Waals surface area contributed by atoms with Gasteiger partial charge in [0.15, 0.2) is 0 Å². The summed E-state index contributed by atoms with van der Waals surface area (Å²) >= 11 is 0. The van der Waals surface area contributed by atoms with Crippen LogP contribution < -0.4 is 0 Å². The molecular formula is C14H14F4O2. The molecule has 0 N–H and O–H groups in total. The topological polar surface area (TPSA) is 26.3 Å². The predicted molar refractivity (Wildman–Crippen MR) is 63.7 cm³/mol. The molecule has 0 radical (unpaired) electrons. The van der Waals surface area contributed by atoms with Gasteiger partial charge in [-0.2, -0.15) is 13.2 Å².